The Balaban J connectivity index is 1.10. The van der Waals surface area contributed by atoms with Crippen molar-refractivity contribution in [3.8, 4) is 11.5 Å². The van der Waals surface area contributed by atoms with E-state index >= 15 is 0 Å². The van der Waals surface area contributed by atoms with Crippen molar-refractivity contribution in [2.24, 2.45) is 5.92 Å². The Morgan fingerprint density at radius 1 is 1.06 bits per heavy atom. The summed E-state index contributed by atoms with van der Waals surface area (Å²) in [7, 11) is 0. The van der Waals surface area contributed by atoms with Gasteiger partial charge in [0.15, 0.2) is 11.5 Å². The molecule has 2 aliphatic heterocycles. The molecule has 1 N–H and O–H groups in total. The van der Waals surface area contributed by atoms with Gasteiger partial charge in [0.25, 0.3) is 0 Å². The van der Waals surface area contributed by atoms with Crippen molar-refractivity contribution in [1.82, 2.24) is 14.9 Å². The summed E-state index contributed by atoms with van der Waals surface area (Å²) < 4.78 is 12.4. The van der Waals surface area contributed by atoms with E-state index in [2.05, 4.69) is 52.3 Å². The van der Waals surface area contributed by atoms with Crippen molar-refractivity contribution in [3.05, 3.63) is 65.5 Å². The summed E-state index contributed by atoms with van der Waals surface area (Å²) in [5.74, 6) is 2.36. The Kier molecular flexibility index (Phi) is 4.39. The molecule has 2 aliphatic rings. The van der Waals surface area contributed by atoms with Crippen LogP contribution >= 0.6 is 0 Å². The number of rotatable bonds is 4. The van der Waals surface area contributed by atoms with E-state index in [1.54, 1.807) is 0 Å². The number of fused-ring (bicyclic) bond motifs is 4. The number of H-pyrrole nitrogens is 1. The van der Waals surface area contributed by atoms with E-state index in [9.17, 15) is 0 Å². The summed E-state index contributed by atoms with van der Waals surface area (Å²) in [4.78, 5) is 10.5. The van der Waals surface area contributed by atoms with E-state index in [-0.39, 0.29) is 6.10 Å². The number of hydrogen-bond acceptors (Lipinski definition) is 4. The first-order chi connectivity index (χ1) is 15.1. The molecular weight excluding hydrogens is 386 g/mol. The zero-order chi connectivity index (χ0) is 20.9. The molecule has 1 fully saturated rings. The molecule has 1 atom stereocenters. The smallest absolute Gasteiger partial charge is 0.171 e. The van der Waals surface area contributed by atoms with Crippen LogP contribution in [0.5, 0.6) is 11.5 Å². The lowest BCUT2D eigenvalue weighted by atomic mass is 9.91. The first-order valence-corrected chi connectivity index (χ1v) is 11.1. The van der Waals surface area contributed by atoms with Crippen LogP contribution in [0.3, 0.4) is 0 Å². The van der Waals surface area contributed by atoms with Gasteiger partial charge >= 0.3 is 0 Å². The SMILES string of the molecule is Cc1ccc2[nH]cc(CC3CN(CC4COc5ccc6nc(C)ccc6c5O4)C3)c2c1. The zero-order valence-electron chi connectivity index (χ0n) is 18.0. The third-order valence-corrected chi connectivity index (χ3v) is 6.56. The molecule has 0 spiro atoms. The highest BCUT2D eigenvalue weighted by atomic mass is 16.6. The molecule has 0 bridgehead atoms. The second-order valence-electron chi connectivity index (χ2n) is 9.11. The lowest BCUT2D eigenvalue weighted by Crippen LogP contribution is -2.52. The maximum Gasteiger partial charge on any atom is 0.171 e. The number of ether oxygens (including phenoxy) is 2. The van der Waals surface area contributed by atoms with Gasteiger partial charge in [0, 0.05) is 47.8 Å². The van der Waals surface area contributed by atoms with Crippen LogP contribution in [0.4, 0.5) is 0 Å². The first-order valence-electron chi connectivity index (χ1n) is 11.1. The van der Waals surface area contributed by atoms with Crippen LogP contribution in [0, 0.1) is 19.8 Å². The van der Waals surface area contributed by atoms with E-state index in [4.69, 9.17) is 9.47 Å². The number of aromatic amines is 1. The van der Waals surface area contributed by atoms with Gasteiger partial charge in [0.05, 0.1) is 5.52 Å². The molecule has 5 heteroatoms. The largest absolute Gasteiger partial charge is 0.486 e. The third kappa shape index (κ3) is 3.43. The van der Waals surface area contributed by atoms with Crippen molar-refractivity contribution in [2.75, 3.05) is 26.2 Å². The van der Waals surface area contributed by atoms with E-state index in [1.807, 2.05) is 25.1 Å². The number of benzene rings is 2. The number of aromatic nitrogens is 2. The number of pyridine rings is 1. The normalized spacial score (nSPS) is 19.1. The summed E-state index contributed by atoms with van der Waals surface area (Å²) in [5, 5.41) is 2.40. The quantitative estimate of drug-likeness (QED) is 0.529. The van der Waals surface area contributed by atoms with Crippen molar-refractivity contribution < 1.29 is 9.47 Å². The molecule has 1 saturated heterocycles. The number of likely N-dealkylation sites (tertiary alicyclic amines) is 1. The molecule has 6 rings (SSSR count). The van der Waals surface area contributed by atoms with Crippen LogP contribution in [0.25, 0.3) is 21.8 Å². The number of hydrogen-bond donors (Lipinski definition) is 1. The molecule has 2 aromatic heterocycles. The van der Waals surface area contributed by atoms with E-state index in [1.165, 1.54) is 22.0 Å². The van der Waals surface area contributed by atoms with Gasteiger partial charge in [0.1, 0.15) is 12.7 Å². The Bertz CT molecular complexity index is 1270. The maximum atomic E-state index is 6.39. The van der Waals surface area contributed by atoms with Gasteiger partial charge < -0.3 is 14.5 Å². The summed E-state index contributed by atoms with van der Waals surface area (Å²) in [6, 6.07) is 14.7. The Morgan fingerprint density at radius 3 is 2.87 bits per heavy atom. The average Bonchev–Trinajstić information content (AvgIpc) is 3.13. The van der Waals surface area contributed by atoms with Crippen molar-refractivity contribution in [2.45, 2.75) is 26.4 Å². The van der Waals surface area contributed by atoms with Crippen LogP contribution in [-0.4, -0.2) is 47.2 Å². The van der Waals surface area contributed by atoms with Crippen LogP contribution < -0.4 is 9.47 Å². The lowest BCUT2D eigenvalue weighted by Gasteiger charge is -2.41. The highest BCUT2D eigenvalue weighted by Gasteiger charge is 2.32. The Morgan fingerprint density at radius 2 is 1.97 bits per heavy atom. The van der Waals surface area contributed by atoms with Gasteiger partial charge in [-0.3, -0.25) is 9.88 Å². The van der Waals surface area contributed by atoms with Gasteiger partial charge in [-0.05, 0) is 68.1 Å². The molecule has 0 saturated carbocycles. The fourth-order valence-corrected chi connectivity index (χ4v) is 4.98. The Hall–Kier alpha value is -3.05. The van der Waals surface area contributed by atoms with Crippen LogP contribution in [0.2, 0.25) is 0 Å². The van der Waals surface area contributed by atoms with Gasteiger partial charge in [-0.2, -0.15) is 0 Å². The number of aryl methyl sites for hydroxylation is 2. The van der Waals surface area contributed by atoms with E-state index in [0.29, 0.717) is 12.5 Å². The van der Waals surface area contributed by atoms with Crippen molar-refractivity contribution in [3.63, 3.8) is 0 Å². The molecule has 1 unspecified atom stereocenters. The topological polar surface area (TPSA) is 50.4 Å². The standard InChI is InChI=1S/C26H27N3O2/c1-16-3-6-23-22(9-16)19(11-27-23)10-18-12-29(13-18)14-20-15-30-25-8-7-24-21(26(25)31-20)5-4-17(2)28-24/h3-9,11,18,20,27H,10,12-15H2,1-2H3. The summed E-state index contributed by atoms with van der Waals surface area (Å²) in [6.07, 6.45) is 3.36. The molecule has 2 aromatic carbocycles. The van der Waals surface area contributed by atoms with E-state index in [0.717, 1.165) is 54.2 Å². The van der Waals surface area contributed by atoms with Crippen LogP contribution in [-0.2, 0) is 6.42 Å². The van der Waals surface area contributed by atoms with Crippen molar-refractivity contribution >= 4 is 21.8 Å². The minimum absolute atomic E-state index is 0.0519. The highest BCUT2D eigenvalue weighted by molar-refractivity contribution is 5.88. The molecule has 0 aliphatic carbocycles. The van der Waals surface area contributed by atoms with Gasteiger partial charge in [-0.1, -0.05) is 11.6 Å². The molecule has 0 amide bonds. The fourth-order valence-electron chi connectivity index (χ4n) is 4.98. The molecule has 4 heterocycles. The van der Waals surface area contributed by atoms with Gasteiger partial charge in [-0.25, -0.2) is 0 Å². The minimum atomic E-state index is 0.0519. The third-order valence-electron chi connectivity index (χ3n) is 6.56. The summed E-state index contributed by atoms with van der Waals surface area (Å²) in [5.41, 5.74) is 5.96. The second kappa shape index (κ2) is 7.27. The molecule has 31 heavy (non-hydrogen) atoms. The monoisotopic (exact) mass is 413 g/mol. The molecule has 0 radical (unpaired) electrons. The lowest BCUT2D eigenvalue weighted by molar-refractivity contribution is 0.0176. The molecule has 4 aromatic rings. The second-order valence-corrected chi connectivity index (χ2v) is 9.11. The average molecular weight is 414 g/mol. The fraction of sp³-hybridized carbons (Fsp3) is 0.346. The van der Waals surface area contributed by atoms with Gasteiger partial charge in [-0.15, -0.1) is 0 Å². The predicted molar refractivity (Wildman–Crippen MR) is 123 cm³/mol. The summed E-state index contributed by atoms with van der Waals surface area (Å²) in [6.45, 7) is 7.89. The van der Waals surface area contributed by atoms with Crippen LogP contribution in [0.1, 0.15) is 16.8 Å². The van der Waals surface area contributed by atoms with Gasteiger partial charge in [0.2, 0.25) is 0 Å². The molecule has 5 nitrogen and oxygen atoms in total. The predicted octanol–water partition coefficient (Wildman–Crippen LogP) is 4.65. The first kappa shape index (κ1) is 18.7. The highest BCUT2D eigenvalue weighted by Crippen LogP contribution is 2.38. The molecule has 158 valence electrons. The van der Waals surface area contributed by atoms with E-state index < -0.39 is 0 Å². The summed E-state index contributed by atoms with van der Waals surface area (Å²) >= 11 is 0. The Labute approximate surface area is 182 Å². The van der Waals surface area contributed by atoms with Crippen molar-refractivity contribution in [1.29, 1.82) is 0 Å². The zero-order valence-corrected chi connectivity index (χ0v) is 18.0. The molecular formula is C26H27N3O2. The number of nitrogens with one attached hydrogen (secondary N) is 1. The number of nitrogens with zero attached hydrogens (tertiary/aromatic N) is 2. The maximum absolute atomic E-state index is 6.39. The van der Waals surface area contributed by atoms with Crippen LogP contribution in [0.15, 0.2) is 48.7 Å². The minimum Gasteiger partial charge on any atom is -0.486 e.